The van der Waals surface area contributed by atoms with E-state index in [1.807, 2.05) is 36.9 Å². The summed E-state index contributed by atoms with van der Waals surface area (Å²) in [4.78, 5) is 10.2. The smallest absolute Gasteiger partial charge is 0.126 e. The summed E-state index contributed by atoms with van der Waals surface area (Å²) in [6.07, 6.45) is 10.8. The third kappa shape index (κ3) is 6.35. The van der Waals surface area contributed by atoms with E-state index in [-0.39, 0.29) is 18.0 Å². The topological polar surface area (TPSA) is 66.2 Å². The summed E-state index contributed by atoms with van der Waals surface area (Å²) in [6.45, 7) is 2.35. The zero-order valence-electron chi connectivity index (χ0n) is 21.9. The molecule has 6 rings (SSSR count). The Morgan fingerprint density at radius 3 is 2.67 bits per heavy atom. The van der Waals surface area contributed by atoms with Crippen molar-refractivity contribution >= 4 is 17.8 Å². The molecule has 2 atom stereocenters. The number of halogens is 1. The van der Waals surface area contributed by atoms with Crippen molar-refractivity contribution < 1.29 is 9.50 Å². The van der Waals surface area contributed by atoms with Gasteiger partial charge in [-0.25, -0.2) is 18.7 Å². The molecule has 4 aromatic rings. The van der Waals surface area contributed by atoms with Crippen LogP contribution in [0.1, 0.15) is 42.9 Å². The number of aryl methyl sites for hydroxylation is 2. The van der Waals surface area contributed by atoms with Gasteiger partial charge in [0.1, 0.15) is 11.6 Å². The number of aromatic nitrogens is 3. The van der Waals surface area contributed by atoms with E-state index in [2.05, 4.69) is 54.5 Å². The molecule has 39 heavy (non-hydrogen) atoms. The van der Waals surface area contributed by atoms with Crippen LogP contribution < -0.4 is 5.32 Å². The molecule has 2 fully saturated rings. The highest BCUT2D eigenvalue weighted by Gasteiger charge is 2.30. The van der Waals surface area contributed by atoms with Crippen LogP contribution in [0, 0.1) is 11.7 Å². The second-order valence-electron chi connectivity index (χ2n) is 10.5. The number of pyridine rings is 1. The Bertz CT molecular complexity index is 1370. The maximum Gasteiger partial charge on any atom is 0.126 e. The Morgan fingerprint density at radius 1 is 1.03 bits per heavy atom. The standard InChI is InChI=1S/C31H34FN5OS/c32-24-11-7-22(8-12-24)15-17-36-21-33-19-29(36)27-5-2-1-4-26(27)28-6-3-16-37(28)39-25-13-14-31(34-18-25)35-20-30(38)23-9-10-23/h1-2,4-5,7-8,11-14,18-19,21,23,28,30,38H,3,6,9-10,15-17,20H2,(H,34,35). The summed E-state index contributed by atoms with van der Waals surface area (Å²) < 4.78 is 18.0. The van der Waals surface area contributed by atoms with Crippen LogP contribution in [-0.4, -0.2) is 43.1 Å². The molecule has 1 aliphatic carbocycles. The number of benzene rings is 2. The van der Waals surface area contributed by atoms with Crippen molar-refractivity contribution in [3.8, 4) is 11.3 Å². The lowest BCUT2D eigenvalue weighted by atomic mass is 9.97. The molecule has 0 radical (unpaired) electrons. The highest BCUT2D eigenvalue weighted by molar-refractivity contribution is 7.97. The largest absolute Gasteiger partial charge is 0.391 e. The first kappa shape index (κ1) is 26.0. The Balaban J connectivity index is 1.14. The molecule has 2 aromatic heterocycles. The number of nitrogens with zero attached hydrogens (tertiary/aromatic N) is 4. The van der Waals surface area contributed by atoms with Crippen LogP contribution in [0.5, 0.6) is 0 Å². The van der Waals surface area contributed by atoms with E-state index in [0.717, 1.165) is 67.2 Å². The normalized spacial score (nSPS) is 18.4. The first-order chi connectivity index (χ1) is 19.1. The van der Waals surface area contributed by atoms with Gasteiger partial charge in [-0.15, -0.1) is 0 Å². The van der Waals surface area contributed by atoms with Crippen molar-refractivity contribution in [3.05, 3.63) is 96.3 Å². The second kappa shape index (κ2) is 11.9. The van der Waals surface area contributed by atoms with Gasteiger partial charge in [-0.3, -0.25) is 0 Å². The van der Waals surface area contributed by atoms with Crippen molar-refractivity contribution in [2.75, 3.05) is 18.4 Å². The summed E-state index contributed by atoms with van der Waals surface area (Å²) >= 11 is 1.76. The Kier molecular flexibility index (Phi) is 7.95. The summed E-state index contributed by atoms with van der Waals surface area (Å²) in [7, 11) is 0. The van der Waals surface area contributed by atoms with Crippen molar-refractivity contribution in [1.82, 2.24) is 18.8 Å². The van der Waals surface area contributed by atoms with E-state index in [1.54, 1.807) is 11.9 Å². The summed E-state index contributed by atoms with van der Waals surface area (Å²) in [5.41, 5.74) is 4.73. The Morgan fingerprint density at radius 2 is 1.87 bits per heavy atom. The molecule has 2 aromatic carbocycles. The van der Waals surface area contributed by atoms with Gasteiger partial charge in [0.15, 0.2) is 0 Å². The summed E-state index contributed by atoms with van der Waals surface area (Å²) in [5.74, 6) is 1.05. The molecule has 0 spiro atoms. The van der Waals surface area contributed by atoms with E-state index in [1.165, 1.54) is 23.3 Å². The molecule has 2 unspecified atom stereocenters. The monoisotopic (exact) mass is 543 g/mol. The van der Waals surface area contributed by atoms with Gasteiger partial charge in [0.25, 0.3) is 0 Å². The first-order valence-electron chi connectivity index (χ1n) is 13.8. The zero-order valence-corrected chi connectivity index (χ0v) is 22.7. The van der Waals surface area contributed by atoms with Crippen LogP contribution in [0.4, 0.5) is 10.2 Å². The molecule has 2 N–H and O–H groups in total. The molecule has 202 valence electrons. The SMILES string of the molecule is OC(CNc1ccc(SN2CCCC2c2ccccc2-c2cncn2CCc2ccc(F)cc2)cn1)C1CC1. The van der Waals surface area contributed by atoms with Crippen LogP contribution in [0.2, 0.25) is 0 Å². The van der Waals surface area contributed by atoms with Crippen molar-refractivity contribution in [1.29, 1.82) is 0 Å². The number of nitrogens with one attached hydrogen (secondary N) is 1. The van der Waals surface area contributed by atoms with Crippen LogP contribution >= 0.6 is 11.9 Å². The fourth-order valence-corrected chi connectivity index (χ4v) is 6.40. The predicted molar refractivity (Wildman–Crippen MR) is 154 cm³/mol. The fourth-order valence-electron chi connectivity index (χ4n) is 5.34. The molecule has 6 nitrogen and oxygen atoms in total. The average Bonchev–Trinajstić information content (AvgIpc) is 3.55. The van der Waals surface area contributed by atoms with Gasteiger partial charge >= 0.3 is 0 Å². The number of aliphatic hydroxyl groups is 1. The summed E-state index contributed by atoms with van der Waals surface area (Å²) in [6, 6.07) is 19.8. The van der Waals surface area contributed by atoms with Crippen molar-refractivity contribution in [3.63, 3.8) is 0 Å². The third-order valence-corrected chi connectivity index (χ3v) is 8.81. The van der Waals surface area contributed by atoms with Gasteiger partial charge in [0.05, 0.1) is 24.3 Å². The van der Waals surface area contributed by atoms with Crippen LogP contribution in [-0.2, 0) is 13.0 Å². The van der Waals surface area contributed by atoms with E-state index in [4.69, 9.17) is 0 Å². The quantitative estimate of drug-likeness (QED) is 0.215. The second-order valence-corrected chi connectivity index (χ2v) is 11.6. The Hall–Kier alpha value is -3.20. The molecular formula is C31H34FN5OS. The Labute approximate surface area is 233 Å². The summed E-state index contributed by atoms with van der Waals surface area (Å²) in [5, 5.41) is 13.4. The maximum atomic E-state index is 13.3. The average molecular weight is 544 g/mol. The maximum absolute atomic E-state index is 13.3. The number of imidazole rings is 1. The first-order valence-corrected chi connectivity index (χ1v) is 14.6. The molecule has 8 heteroatoms. The third-order valence-electron chi connectivity index (χ3n) is 7.68. The lowest BCUT2D eigenvalue weighted by Gasteiger charge is -2.26. The van der Waals surface area contributed by atoms with E-state index in [9.17, 15) is 9.50 Å². The predicted octanol–water partition coefficient (Wildman–Crippen LogP) is 6.35. The minimum absolute atomic E-state index is 0.206. The highest BCUT2D eigenvalue weighted by Crippen LogP contribution is 2.43. The van der Waals surface area contributed by atoms with Crippen LogP contribution in [0.15, 0.2) is 84.3 Å². The van der Waals surface area contributed by atoms with Crippen LogP contribution in [0.25, 0.3) is 11.3 Å². The molecule has 3 heterocycles. The zero-order chi connectivity index (χ0) is 26.6. The lowest BCUT2D eigenvalue weighted by Crippen LogP contribution is -2.21. The molecule has 0 amide bonds. The van der Waals surface area contributed by atoms with Crippen molar-refractivity contribution in [2.45, 2.75) is 55.7 Å². The van der Waals surface area contributed by atoms with Crippen LogP contribution in [0.3, 0.4) is 0 Å². The number of hydrogen-bond donors (Lipinski definition) is 2. The van der Waals surface area contributed by atoms with E-state index in [0.29, 0.717) is 12.5 Å². The van der Waals surface area contributed by atoms with Gasteiger partial charge in [-0.1, -0.05) is 36.4 Å². The highest BCUT2D eigenvalue weighted by atomic mass is 32.2. The number of rotatable bonds is 11. The number of anilines is 1. The minimum atomic E-state index is -0.287. The molecular weight excluding hydrogens is 509 g/mol. The molecule has 1 saturated heterocycles. The van der Waals surface area contributed by atoms with E-state index < -0.39 is 0 Å². The van der Waals surface area contributed by atoms with Gasteiger partial charge in [-0.2, -0.15) is 0 Å². The van der Waals surface area contributed by atoms with Gasteiger partial charge in [0, 0.05) is 42.3 Å². The number of aliphatic hydroxyl groups excluding tert-OH is 1. The molecule has 0 bridgehead atoms. The molecule has 1 aliphatic heterocycles. The molecule has 2 aliphatic rings. The van der Waals surface area contributed by atoms with Crippen molar-refractivity contribution in [2.24, 2.45) is 5.92 Å². The van der Waals surface area contributed by atoms with Gasteiger partial charge in [-0.05, 0) is 85.4 Å². The fraction of sp³-hybridized carbons (Fsp3) is 0.355. The van der Waals surface area contributed by atoms with E-state index >= 15 is 0 Å². The van der Waals surface area contributed by atoms with Gasteiger partial charge in [0.2, 0.25) is 0 Å². The van der Waals surface area contributed by atoms with Gasteiger partial charge < -0.3 is 15.0 Å². The number of hydrogen-bond acceptors (Lipinski definition) is 6. The minimum Gasteiger partial charge on any atom is -0.391 e. The molecule has 1 saturated carbocycles. The lowest BCUT2D eigenvalue weighted by molar-refractivity contribution is 0.164.